The van der Waals surface area contributed by atoms with Crippen molar-refractivity contribution in [2.75, 3.05) is 30.8 Å². The Kier molecular flexibility index (Phi) is 6.78. The van der Waals surface area contributed by atoms with Crippen molar-refractivity contribution in [2.24, 2.45) is 5.92 Å². The summed E-state index contributed by atoms with van der Waals surface area (Å²) in [7, 11) is 1.53. The van der Waals surface area contributed by atoms with Crippen molar-refractivity contribution in [3.05, 3.63) is 23.8 Å². The smallest absolute Gasteiger partial charge is 0.321 e. The lowest BCUT2D eigenvalue weighted by Gasteiger charge is -2.21. The number of amides is 3. The molecule has 4 N–H and O–H groups in total. The molecule has 0 bridgehead atoms. The SMILES string of the molecule is Cc1ccc(NC(=O)N(C)C[C@@H](O)CO)cc1NC(=O)C1CCCC1. The van der Waals surface area contributed by atoms with Crippen molar-refractivity contribution in [3.8, 4) is 0 Å². The number of aliphatic hydroxyl groups is 2. The molecule has 0 radical (unpaired) electrons. The summed E-state index contributed by atoms with van der Waals surface area (Å²) in [6, 6.07) is 4.93. The van der Waals surface area contributed by atoms with Crippen LogP contribution >= 0.6 is 0 Å². The highest BCUT2D eigenvalue weighted by Crippen LogP contribution is 2.27. The zero-order valence-electron chi connectivity index (χ0n) is 14.8. The molecular weight excluding hydrogens is 322 g/mol. The van der Waals surface area contributed by atoms with Crippen LogP contribution in [0, 0.1) is 12.8 Å². The lowest BCUT2D eigenvalue weighted by atomic mass is 10.1. The van der Waals surface area contributed by atoms with E-state index in [1.54, 1.807) is 12.1 Å². The molecule has 138 valence electrons. The van der Waals surface area contributed by atoms with Gasteiger partial charge in [-0.1, -0.05) is 18.9 Å². The van der Waals surface area contributed by atoms with E-state index in [0.29, 0.717) is 11.4 Å². The van der Waals surface area contributed by atoms with Gasteiger partial charge in [0.25, 0.3) is 0 Å². The van der Waals surface area contributed by atoms with Crippen LogP contribution in [0.5, 0.6) is 0 Å². The van der Waals surface area contributed by atoms with Gasteiger partial charge in [0.05, 0.1) is 19.3 Å². The summed E-state index contributed by atoms with van der Waals surface area (Å²) in [6.07, 6.45) is 3.08. The Hall–Kier alpha value is -2.12. The van der Waals surface area contributed by atoms with Crippen LogP contribution in [0.25, 0.3) is 0 Å². The molecule has 1 aromatic carbocycles. The summed E-state index contributed by atoms with van der Waals surface area (Å²) in [6.45, 7) is 1.53. The third-order valence-electron chi connectivity index (χ3n) is 4.51. The molecule has 1 saturated carbocycles. The first kappa shape index (κ1) is 19.2. The Morgan fingerprint density at radius 1 is 1.28 bits per heavy atom. The third kappa shape index (κ3) is 5.44. The van der Waals surface area contributed by atoms with E-state index in [9.17, 15) is 14.7 Å². The van der Waals surface area contributed by atoms with E-state index in [1.165, 1.54) is 11.9 Å². The predicted molar refractivity (Wildman–Crippen MR) is 96.5 cm³/mol. The number of anilines is 2. The number of likely N-dealkylation sites (N-methyl/N-ethyl adjacent to an activating group) is 1. The number of nitrogens with zero attached hydrogens (tertiary/aromatic N) is 1. The molecule has 1 atom stereocenters. The number of benzene rings is 1. The molecule has 3 amide bonds. The fourth-order valence-corrected chi connectivity index (χ4v) is 2.93. The van der Waals surface area contributed by atoms with Gasteiger partial charge in [-0.15, -0.1) is 0 Å². The van der Waals surface area contributed by atoms with Gasteiger partial charge in [-0.25, -0.2) is 4.79 Å². The van der Waals surface area contributed by atoms with Crippen molar-refractivity contribution in [1.82, 2.24) is 4.90 Å². The van der Waals surface area contributed by atoms with Crippen molar-refractivity contribution in [2.45, 2.75) is 38.7 Å². The second-order valence-corrected chi connectivity index (χ2v) is 6.65. The highest BCUT2D eigenvalue weighted by Gasteiger charge is 2.23. The molecule has 7 heteroatoms. The second kappa shape index (κ2) is 8.82. The van der Waals surface area contributed by atoms with Crippen LogP contribution in [-0.2, 0) is 4.79 Å². The Labute approximate surface area is 148 Å². The molecule has 1 aliphatic carbocycles. The maximum absolute atomic E-state index is 12.3. The number of carbonyl (C=O) groups excluding carboxylic acids is 2. The molecule has 25 heavy (non-hydrogen) atoms. The van der Waals surface area contributed by atoms with E-state index in [0.717, 1.165) is 31.2 Å². The number of urea groups is 1. The van der Waals surface area contributed by atoms with Gasteiger partial charge in [0.15, 0.2) is 0 Å². The quantitative estimate of drug-likeness (QED) is 0.630. The molecule has 0 unspecified atom stereocenters. The first-order chi connectivity index (χ1) is 11.9. The fraction of sp³-hybridized carbons (Fsp3) is 0.556. The molecule has 0 aromatic heterocycles. The van der Waals surface area contributed by atoms with Crippen LogP contribution in [0.1, 0.15) is 31.2 Å². The van der Waals surface area contributed by atoms with Crippen molar-refractivity contribution >= 4 is 23.3 Å². The minimum absolute atomic E-state index is 0.0272. The third-order valence-corrected chi connectivity index (χ3v) is 4.51. The predicted octanol–water partition coefficient (Wildman–Crippen LogP) is 1.94. The van der Waals surface area contributed by atoms with E-state index >= 15 is 0 Å². The molecular formula is C18H27N3O4. The summed E-state index contributed by atoms with van der Waals surface area (Å²) in [5.74, 6) is 0.107. The molecule has 2 rings (SSSR count). The highest BCUT2D eigenvalue weighted by atomic mass is 16.3. The fourth-order valence-electron chi connectivity index (χ4n) is 2.93. The van der Waals surface area contributed by atoms with Crippen LogP contribution in [0.15, 0.2) is 18.2 Å². The van der Waals surface area contributed by atoms with Gasteiger partial charge in [-0.2, -0.15) is 0 Å². The maximum Gasteiger partial charge on any atom is 0.321 e. The van der Waals surface area contributed by atoms with Crippen LogP contribution < -0.4 is 10.6 Å². The monoisotopic (exact) mass is 349 g/mol. The summed E-state index contributed by atoms with van der Waals surface area (Å²) in [5.41, 5.74) is 2.17. The number of hydrogen-bond acceptors (Lipinski definition) is 4. The number of rotatable bonds is 6. The zero-order chi connectivity index (χ0) is 18.4. The molecule has 1 aromatic rings. The molecule has 0 saturated heterocycles. The topological polar surface area (TPSA) is 102 Å². The molecule has 1 aliphatic rings. The Morgan fingerprint density at radius 3 is 2.60 bits per heavy atom. The summed E-state index contributed by atoms with van der Waals surface area (Å²) >= 11 is 0. The van der Waals surface area contributed by atoms with E-state index in [1.807, 2.05) is 13.0 Å². The van der Waals surface area contributed by atoms with Gasteiger partial charge in [0.2, 0.25) is 5.91 Å². The number of aryl methyl sites for hydroxylation is 1. The highest BCUT2D eigenvalue weighted by molar-refractivity contribution is 5.95. The van der Waals surface area contributed by atoms with E-state index < -0.39 is 18.7 Å². The van der Waals surface area contributed by atoms with Crippen LogP contribution in [0.4, 0.5) is 16.2 Å². The maximum atomic E-state index is 12.3. The van der Waals surface area contributed by atoms with Crippen molar-refractivity contribution in [3.63, 3.8) is 0 Å². The molecule has 0 aliphatic heterocycles. The van der Waals surface area contributed by atoms with Crippen LogP contribution in [0.3, 0.4) is 0 Å². The summed E-state index contributed by atoms with van der Waals surface area (Å²) < 4.78 is 0. The standard InChI is InChI=1S/C18H27N3O4/c1-12-7-8-14(19-18(25)21(2)10-15(23)11-22)9-16(12)20-17(24)13-5-3-4-6-13/h7-9,13,15,22-23H,3-6,10-11H2,1-2H3,(H,19,25)(H,20,24)/t15-/m1/s1. The normalized spacial score (nSPS) is 15.7. The minimum Gasteiger partial charge on any atom is -0.394 e. The zero-order valence-corrected chi connectivity index (χ0v) is 14.8. The summed E-state index contributed by atoms with van der Waals surface area (Å²) in [4.78, 5) is 25.7. The largest absolute Gasteiger partial charge is 0.394 e. The van der Waals surface area contributed by atoms with Gasteiger partial charge in [0.1, 0.15) is 0 Å². The molecule has 7 nitrogen and oxygen atoms in total. The van der Waals surface area contributed by atoms with Gasteiger partial charge in [-0.05, 0) is 37.5 Å². The Bertz CT molecular complexity index is 614. The van der Waals surface area contributed by atoms with Crippen LogP contribution in [-0.4, -0.2) is 53.4 Å². The average molecular weight is 349 g/mol. The molecule has 0 spiro atoms. The van der Waals surface area contributed by atoms with Crippen molar-refractivity contribution in [1.29, 1.82) is 0 Å². The van der Waals surface area contributed by atoms with Gasteiger partial charge >= 0.3 is 6.03 Å². The van der Waals surface area contributed by atoms with E-state index in [-0.39, 0.29) is 18.4 Å². The van der Waals surface area contributed by atoms with E-state index in [2.05, 4.69) is 10.6 Å². The van der Waals surface area contributed by atoms with Gasteiger partial charge in [-0.3, -0.25) is 4.79 Å². The number of carbonyl (C=O) groups is 2. The first-order valence-corrected chi connectivity index (χ1v) is 8.63. The molecule has 0 heterocycles. The van der Waals surface area contributed by atoms with Gasteiger partial charge in [0, 0.05) is 24.3 Å². The number of hydrogen-bond donors (Lipinski definition) is 4. The van der Waals surface area contributed by atoms with E-state index in [4.69, 9.17) is 5.11 Å². The average Bonchev–Trinajstić information content (AvgIpc) is 3.12. The second-order valence-electron chi connectivity index (χ2n) is 6.65. The first-order valence-electron chi connectivity index (χ1n) is 8.63. The molecule has 1 fully saturated rings. The Morgan fingerprint density at radius 2 is 1.96 bits per heavy atom. The lowest BCUT2D eigenvalue weighted by Crippen LogP contribution is -2.38. The van der Waals surface area contributed by atoms with Gasteiger partial charge < -0.3 is 25.7 Å². The number of aliphatic hydroxyl groups excluding tert-OH is 2. The number of nitrogens with one attached hydrogen (secondary N) is 2. The van der Waals surface area contributed by atoms with Crippen molar-refractivity contribution < 1.29 is 19.8 Å². The summed E-state index contributed by atoms with van der Waals surface area (Å²) in [5, 5.41) is 23.9. The Balaban J connectivity index is 2.00. The minimum atomic E-state index is -0.977. The van der Waals surface area contributed by atoms with Crippen LogP contribution in [0.2, 0.25) is 0 Å². The lowest BCUT2D eigenvalue weighted by molar-refractivity contribution is -0.119.